The van der Waals surface area contributed by atoms with Crippen LogP contribution in [0, 0.1) is 5.92 Å². The molecule has 0 radical (unpaired) electrons. The fourth-order valence-corrected chi connectivity index (χ4v) is 2.36. The lowest BCUT2D eigenvalue weighted by molar-refractivity contribution is 0.532. The first-order valence-corrected chi connectivity index (χ1v) is 5.72. The zero-order valence-corrected chi connectivity index (χ0v) is 8.32. The van der Waals surface area contributed by atoms with Crippen LogP contribution in [-0.4, -0.2) is 21.5 Å². The van der Waals surface area contributed by atoms with Crippen LogP contribution in [-0.2, 0) is 10.2 Å². The van der Waals surface area contributed by atoms with Crippen molar-refractivity contribution in [1.82, 2.24) is 9.44 Å². The van der Waals surface area contributed by atoms with Crippen LogP contribution >= 0.6 is 0 Å². The molecule has 0 aliphatic heterocycles. The number of hydrogen-bond acceptors (Lipinski definition) is 2. The van der Waals surface area contributed by atoms with Gasteiger partial charge in [0.25, 0.3) is 10.2 Å². The largest absolute Gasteiger partial charge is 0.276 e. The summed E-state index contributed by atoms with van der Waals surface area (Å²) in [5.74, 6) is 0.648. The monoisotopic (exact) mass is 192 g/mol. The van der Waals surface area contributed by atoms with E-state index in [-0.39, 0.29) is 6.04 Å². The molecule has 0 aromatic carbocycles. The average Bonchev–Trinajstić information content (AvgIpc) is 2.35. The summed E-state index contributed by atoms with van der Waals surface area (Å²) in [5.41, 5.74) is 0. The Morgan fingerprint density at radius 1 is 1.33 bits per heavy atom. The van der Waals surface area contributed by atoms with Gasteiger partial charge in [0.1, 0.15) is 0 Å². The van der Waals surface area contributed by atoms with Crippen LogP contribution < -0.4 is 9.44 Å². The van der Waals surface area contributed by atoms with Gasteiger partial charge < -0.3 is 0 Å². The summed E-state index contributed by atoms with van der Waals surface area (Å²) in [5, 5.41) is 0. The Morgan fingerprint density at radius 2 is 2.00 bits per heavy atom. The zero-order chi connectivity index (χ0) is 9.19. The maximum absolute atomic E-state index is 11.0. The van der Waals surface area contributed by atoms with Crippen molar-refractivity contribution in [2.45, 2.75) is 32.2 Å². The first-order valence-electron chi connectivity index (χ1n) is 4.24. The smallest absolute Gasteiger partial charge is 0.205 e. The Kier molecular flexibility index (Phi) is 3.09. The van der Waals surface area contributed by atoms with Crippen LogP contribution in [0.5, 0.6) is 0 Å². The first kappa shape index (κ1) is 9.95. The molecule has 0 amide bonds. The molecule has 0 aromatic heterocycles. The Hall–Kier alpha value is -0.130. The molecule has 0 saturated heterocycles. The highest BCUT2D eigenvalue weighted by molar-refractivity contribution is 7.87. The molecule has 12 heavy (non-hydrogen) atoms. The maximum Gasteiger partial charge on any atom is 0.276 e. The number of nitrogens with one attached hydrogen (secondary N) is 2. The molecule has 0 spiro atoms. The van der Waals surface area contributed by atoms with E-state index in [1.54, 1.807) is 0 Å². The van der Waals surface area contributed by atoms with E-state index in [1.807, 2.05) is 0 Å². The van der Waals surface area contributed by atoms with Crippen molar-refractivity contribution in [3.05, 3.63) is 0 Å². The average molecular weight is 192 g/mol. The second-order valence-electron chi connectivity index (χ2n) is 3.44. The molecule has 2 N–H and O–H groups in total. The van der Waals surface area contributed by atoms with Crippen molar-refractivity contribution in [1.29, 1.82) is 0 Å². The van der Waals surface area contributed by atoms with E-state index >= 15 is 0 Å². The van der Waals surface area contributed by atoms with Gasteiger partial charge >= 0.3 is 0 Å². The molecule has 1 saturated carbocycles. The van der Waals surface area contributed by atoms with Crippen molar-refractivity contribution >= 4 is 10.2 Å². The Morgan fingerprint density at radius 3 is 2.42 bits per heavy atom. The fourth-order valence-electron chi connectivity index (χ4n) is 1.59. The van der Waals surface area contributed by atoms with Gasteiger partial charge in [-0.15, -0.1) is 0 Å². The molecular weight excluding hydrogens is 176 g/mol. The SMILES string of the molecule is CNS(=O)(=O)NC1CCC(C)C1. The van der Waals surface area contributed by atoms with Crippen molar-refractivity contribution in [3.8, 4) is 0 Å². The minimum absolute atomic E-state index is 0.137. The van der Waals surface area contributed by atoms with Crippen LogP contribution in [0.3, 0.4) is 0 Å². The predicted molar refractivity (Wildman–Crippen MR) is 47.9 cm³/mol. The molecule has 0 heterocycles. The van der Waals surface area contributed by atoms with Gasteiger partial charge in [0.05, 0.1) is 0 Å². The third kappa shape index (κ3) is 2.73. The first-order chi connectivity index (χ1) is 5.53. The molecule has 2 atom stereocenters. The van der Waals surface area contributed by atoms with Gasteiger partial charge in [-0.2, -0.15) is 13.1 Å². The van der Waals surface area contributed by atoms with Crippen LogP contribution in [0.1, 0.15) is 26.2 Å². The van der Waals surface area contributed by atoms with Gasteiger partial charge in [0, 0.05) is 13.1 Å². The van der Waals surface area contributed by atoms with E-state index in [4.69, 9.17) is 0 Å². The highest BCUT2D eigenvalue weighted by atomic mass is 32.2. The van der Waals surface area contributed by atoms with Gasteiger partial charge in [-0.25, -0.2) is 4.72 Å². The van der Waals surface area contributed by atoms with Crippen LogP contribution in [0.2, 0.25) is 0 Å². The fraction of sp³-hybridized carbons (Fsp3) is 1.00. The molecule has 2 unspecified atom stereocenters. The summed E-state index contributed by atoms with van der Waals surface area (Å²) in [6.45, 7) is 2.15. The van der Waals surface area contributed by atoms with Gasteiger partial charge in [-0.1, -0.05) is 6.92 Å². The van der Waals surface area contributed by atoms with Gasteiger partial charge in [0.2, 0.25) is 0 Å². The van der Waals surface area contributed by atoms with Crippen molar-refractivity contribution in [2.75, 3.05) is 7.05 Å². The summed E-state index contributed by atoms with van der Waals surface area (Å²) in [6, 6.07) is 0.137. The summed E-state index contributed by atoms with van der Waals surface area (Å²) < 4.78 is 26.9. The molecule has 1 rings (SSSR count). The van der Waals surface area contributed by atoms with E-state index in [1.165, 1.54) is 7.05 Å². The van der Waals surface area contributed by atoms with Crippen molar-refractivity contribution in [3.63, 3.8) is 0 Å². The number of rotatable bonds is 3. The normalized spacial score (nSPS) is 30.8. The highest BCUT2D eigenvalue weighted by Gasteiger charge is 2.24. The van der Waals surface area contributed by atoms with E-state index in [9.17, 15) is 8.42 Å². The maximum atomic E-state index is 11.0. The van der Waals surface area contributed by atoms with Gasteiger partial charge in [-0.05, 0) is 25.2 Å². The lowest BCUT2D eigenvalue weighted by Gasteiger charge is -2.11. The van der Waals surface area contributed by atoms with E-state index in [0.717, 1.165) is 19.3 Å². The topological polar surface area (TPSA) is 58.2 Å². The van der Waals surface area contributed by atoms with Gasteiger partial charge in [-0.3, -0.25) is 0 Å². The summed E-state index contributed by atoms with van der Waals surface area (Å²) in [6.07, 6.45) is 3.04. The van der Waals surface area contributed by atoms with Crippen molar-refractivity contribution in [2.24, 2.45) is 5.92 Å². The van der Waals surface area contributed by atoms with E-state index in [0.29, 0.717) is 5.92 Å². The van der Waals surface area contributed by atoms with Crippen LogP contribution in [0.25, 0.3) is 0 Å². The molecule has 0 bridgehead atoms. The summed E-state index contributed by atoms with van der Waals surface area (Å²) in [4.78, 5) is 0. The van der Waals surface area contributed by atoms with Crippen LogP contribution in [0.15, 0.2) is 0 Å². The second-order valence-corrected chi connectivity index (χ2v) is 5.09. The third-order valence-corrected chi connectivity index (χ3v) is 3.47. The molecule has 5 heteroatoms. The second kappa shape index (κ2) is 3.72. The Balaban J connectivity index is 2.43. The molecule has 0 aromatic rings. The standard InChI is InChI=1S/C7H16N2O2S/c1-6-3-4-7(5-6)9-12(10,11)8-2/h6-9H,3-5H2,1-2H3. The lowest BCUT2D eigenvalue weighted by Crippen LogP contribution is -2.39. The Labute approximate surface area is 73.9 Å². The molecule has 72 valence electrons. The third-order valence-electron chi connectivity index (χ3n) is 2.29. The molecule has 4 nitrogen and oxygen atoms in total. The quantitative estimate of drug-likeness (QED) is 0.672. The highest BCUT2D eigenvalue weighted by Crippen LogP contribution is 2.24. The van der Waals surface area contributed by atoms with E-state index < -0.39 is 10.2 Å². The lowest BCUT2D eigenvalue weighted by atomic mass is 10.1. The minimum atomic E-state index is -3.23. The van der Waals surface area contributed by atoms with E-state index in [2.05, 4.69) is 16.4 Å². The predicted octanol–water partition coefficient (Wildman–Crippen LogP) is 0.229. The van der Waals surface area contributed by atoms with Crippen LogP contribution in [0.4, 0.5) is 0 Å². The van der Waals surface area contributed by atoms with Gasteiger partial charge in [0.15, 0.2) is 0 Å². The molecular formula is C7H16N2O2S. The zero-order valence-electron chi connectivity index (χ0n) is 7.50. The molecule has 1 aliphatic rings. The summed E-state index contributed by atoms with van der Waals surface area (Å²) >= 11 is 0. The molecule has 1 aliphatic carbocycles. The van der Waals surface area contributed by atoms with Crippen molar-refractivity contribution < 1.29 is 8.42 Å². The molecule has 1 fully saturated rings. The number of hydrogen-bond donors (Lipinski definition) is 2. The Bertz CT molecular complexity index is 238. The minimum Gasteiger partial charge on any atom is -0.205 e. The summed E-state index contributed by atoms with van der Waals surface area (Å²) in [7, 11) is -1.81.